The highest BCUT2D eigenvalue weighted by Gasteiger charge is 2.22. The van der Waals surface area contributed by atoms with Gasteiger partial charge in [-0.3, -0.25) is 0 Å². The maximum atomic E-state index is 6.09. The van der Waals surface area contributed by atoms with E-state index in [2.05, 4.69) is 5.32 Å². The van der Waals surface area contributed by atoms with E-state index in [-0.39, 0.29) is 12.1 Å². The molecule has 1 aliphatic heterocycles. The molecule has 1 saturated heterocycles. The predicted molar refractivity (Wildman–Crippen MR) is 58.9 cm³/mol. The topological polar surface area (TPSA) is 47.3 Å². The van der Waals surface area contributed by atoms with Gasteiger partial charge in [0.05, 0.1) is 29.6 Å². The maximum absolute atomic E-state index is 6.09. The zero-order valence-corrected chi connectivity index (χ0v) is 9.27. The van der Waals surface area contributed by atoms with Crippen LogP contribution in [-0.4, -0.2) is 25.8 Å². The molecule has 2 heterocycles. The van der Waals surface area contributed by atoms with E-state index in [4.69, 9.17) is 22.1 Å². The number of nitrogens with two attached hydrogens (primary N) is 1. The van der Waals surface area contributed by atoms with Gasteiger partial charge in [0, 0.05) is 11.4 Å². The SMILES string of the molecule is NC(c1ccc(Cl)s1)C1COCCN1. The van der Waals surface area contributed by atoms with Crippen molar-refractivity contribution in [3.8, 4) is 0 Å². The Morgan fingerprint density at radius 2 is 2.50 bits per heavy atom. The monoisotopic (exact) mass is 232 g/mol. The molecule has 2 unspecified atom stereocenters. The van der Waals surface area contributed by atoms with Gasteiger partial charge in [0.1, 0.15) is 0 Å². The van der Waals surface area contributed by atoms with Gasteiger partial charge in [-0.25, -0.2) is 0 Å². The summed E-state index contributed by atoms with van der Waals surface area (Å²) in [6.45, 7) is 2.32. The van der Waals surface area contributed by atoms with Gasteiger partial charge in [-0.05, 0) is 12.1 Å². The van der Waals surface area contributed by atoms with Crippen LogP contribution in [0.5, 0.6) is 0 Å². The minimum Gasteiger partial charge on any atom is -0.378 e. The first-order chi connectivity index (χ1) is 6.77. The Bertz CT molecular complexity index is 299. The Morgan fingerprint density at radius 3 is 3.07 bits per heavy atom. The van der Waals surface area contributed by atoms with E-state index in [0.29, 0.717) is 6.61 Å². The van der Waals surface area contributed by atoms with E-state index in [1.54, 1.807) is 0 Å². The number of halogens is 1. The van der Waals surface area contributed by atoms with Gasteiger partial charge >= 0.3 is 0 Å². The highest BCUT2D eigenvalue weighted by Crippen LogP contribution is 2.27. The summed E-state index contributed by atoms with van der Waals surface area (Å²) in [6, 6.07) is 4.05. The van der Waals surface area contributed by atoms with Gasteiger partial charge in [0.15, 0.2) is 0 Å². The van der Waals surface area contributed by atoms with E-state index >= 15 is 0 Å². The fraction of sp³-hybridized carbons (Fsp3) is 0.556. The van der Waals surface area contributed by atoms with Crippen molar-refractivity contribution in [1.82, 2.24) is 5.32 Å². The number of ether oxygens (including phenoxy) is 1. The number of rotatable bonds is 2. The van der Waals surface area contributed by atoms with Crippen LogP contribution in [0.15, 0.2) is 12.1 Å². The molecule has 1 aromatic heterocycles. The fourth-order valence-corrected chi connectivity index (χ4v) is 2.65. The van der Waals surface area contributed by atoms with Crippen LogP contribution in [-0.2, 0) is 4.74 Å². The van der Waals surface area contributed by atoms with E-state index in [1.807, 2.05) is 12.1 Å². The molecule has 3 nitrogen and oxygen atoms in total. The molecule has 0 aliphatic carbocycles. The molecular formula is C9H13ClN2OS. The molecule has 0 amide bonds. The highest BCUT2D eigenvalue weighted by atomic mass is 35.5. The van der Waals surface area contributed by atoms with Crippen LogP contribution in [0.4, 0.5) is 0 Å². The second kappa shape index (κ2) is 4.59. The molecular weight excluding hydrogens is 220 g/mol. The second-order valence-electron chi connectivity index (χ2n) is 3.30. The molecule has 1 aliphatic rings. The van der Waals surface area contributed by atoms with E-state index < -0.39 is 0 Å². The zero-order valence-electron chi connectivity index (χ0n) is 7.70. The molecule has 5 heteroatoms. The van der Waals surface area contributed by atoms with Gasteiger partial charge in [0.2, 0.25) is 0 Å². The van der Waals surface area contributed by atoms with Crippen molar-refractivity contribution in [3.05, 3.63) is 21.3 Å². The molecule has 0 bridgehead atoms. The van der Waals surface area contributed by atoms with Crippen LogP contribution in [0.3, 0.4) is 0 Å². The van der Waals surface area contributed by atoms with Crippen LogP contribution < -0.4 is 11.1 Å². The number of morpholine rings is 1. The van der Waals surface area contributed by atoms with Gasteiger partial charge in [-0.2, -0.15) is 0 Å². The van der Waals surface area contributed by atoms with Gasteiger partial charge in [0.25, 0.3) is 0 Å². The van der Waals surface area contributed by atoms with Crippen molar-refractivity contribution in [3.63, 3.8) is 0 Å². The average Bonchev–Trinajstić information content (AvgIpc) is 2.65. The van der Waals surface area contributed by atoms with E-state index in [0.717, 1.165) is 22.4 Å². The molecule has 0 spiro atoms. The number of hydrogen-bond donors (Lipinski definition) is 2. The summed E-state index contributed by atoms with van der Waals surface area (Å²) in [4.78, 5) is 1.11. The molecule has 78 valence electrons. The predicted octanol–water partition coefficient (Wildman–Crippen LogP) is 1.39. The van der Waals surface area contributed by atoms with Gasteiger partial charge in [-0.15, -0.1) is 11.3 Å². The molecule has 3 N–H and O–H groups in total. The number of hydrogen-bond acceptors (Lipinski definition) is 4. The smallest absolute Gasteiger partial charge is 0.0931 e. The quantitative estimate of drug-likeness (QED) is 0.810. The molecule has 0 saturated carbocycles. The Labute approximate surface area is 92.2 Å². The van der Waals surface area contributed by atoms with Crippen molar-refractivity contribution in [1.29, 1.82) is 0 Å². The molecule has 2 atom stereocenters. The average molecular weight is 233 g/mol. The van der Waals surface area contributed by atoms with Crippen LogP contribution >= 0.6 is 22.9 Å². The second-order valence-corrected chi connectivity index (χ2v) is 5.05. The summed E-state index contributed by atoms with van der Waals surface area (Å²) < 4.78 is 6.15. The standard InChI is InChI=1S/C9H13ClN2OS/c10-8-2-1-7(14-8)9(11)6-5-13-4-3-12-6/h1-2,6,9,12H,3-5,11H2. The lowest BCUT2D eigenvalue weighted by atomic mass is 10.1. The minimum atomic E-state index is -0.0206. The summed E-state index contributed by atoms with van der Waals surface area (Å²) in [5.74, 6) is 0. The lowest BCUT2D eigenvalue weighted by molar-refractivity contribution is 0.0688. The van der Waals surface area contributed by atoms with Crippen LogP contribution in [0.1, 0.15) is 10.9 Å². The van der Waals surface area contributed by atoms with Crippen molar-refractivity contribution >= 4 is 22.9 Å². The maximum Gasteiger partial charge on any atom is 0.0931 e. The third-order valence-electron chi connectivity index (χ3n) is 2.31. The lowest BCUT2D eigenvalue weighted by Gasteiger charge is -2.28. The lowest BCUT2D eigenvalue weighted by Crippen LogP contribution is -2.47. The summed E-state index contributed by atoms with van der Waals surface area (Å²) in [5, 5.41) is 3.34. The number of thiophene rings is 1. The number of nitrogens with one attached hydrogen (secondary N) is 1. The minimum absolute atomic E-state index is 0.0206. The molecule has 1 aromatic rings. The first-order valence-electron chi connectivity index (χ1n) is 4.59. The first kappa shape index (κ1) is 10.4. The van der Waals surface area contributed by atoms with E-state index in [1.165, 1.54) is 11.3 Å². The zero-order chi connectivity index (χ0) is 9.97. The molecule has 0 radical (unpaired) electrons. The van der Waals surface area contributed by atoms with Gasteiger partial charge in [-0.1, -0.05) is 11.6 Å². The van der Waals surface area contributed by atoms with Crippen molar-refractivity contribution < 1.29 is 4.74 Å². The molecule has 0 aromatic carbocycles. The third kappa shape index (κ3) is 2.27. The van der Waals surface area contributed by atoms with Gasteiger partial charge < -0.3 is 15.8 Å². The van der Waals surface area contributed by atoms with Crippen molar-refractivity contribution in [2.45, 2.75) is 12.1 Å². The first-order valence-corrected chi connectivity index (χ1v) is 5.79. The Kier molecular flexibility index (Phi) is 3.41. The summed E-state index contributed by atoms with van der Waals surface area (Å²) in [6.07, 6.45) is 0. The highest BCUT2D eigenvalue weighted by molar-refractivity contribution is 7.16. The Hall–Kier alpha value is -0.130. The Balaban J connectivity index is 2.03. The van der Waals surface area contributed by atoms with Crippen LogP contribution in [0, 0.1) is 0 Å². The van der Waals surface area contributed by atoms with E-state index in [9.17, 15) is 0 Å². The largest absolute Gasteiger partial charge is 0.378 e. The summed E-state index contributed by atoms with van der Waals surface area (Å²) >= 11 is 7.39. The van der Waals surface area contributed by atoms with Crippen molar-refractivity contribution in [2.75, 3.05) is 19.8 Å². The molecule has 14 heavy (non-hydrogen) atoms. The Morgan fingerprint density at radius 1 is 1.64 bits per heavy atom. The normalized spacial score (nSPS) is 24.9. The van der Waals surface area contributed by atoms with Crippen LogP contribution in [0.2, 0.25) is 4.34 Å². The third-order valence-corrected chi connectivity index (χ3v) is 3.64. The fourth-order valence-electron chi connectivity index (χ4n) is 1.52. The molecule has 2 rings (SSSR count). The summed E-state index contributed by atoms with van der Waals surface area (Å²) in [7, 11) is 0. The summed E-state index contributed by atoms with van der Waals surface area (Å²) in [5.41, 5.74) is 6.09. The van der Waals surface area contributed by atoms with Crippen molar-refractivity contribution in [2.24, 2.45) is 5.73 Å². The van der Waals surface area contributed by atoms with Crippen LogP contribution in [0.25, 0.3) is 0 Å². The molecule has 1 fully saturated rings.